The standard InChI is InChI=1S/C14H22O3/c1-9(2)13-12(16-4)7-6-11(10(3)8-15)14(13)17-5/h6-7,9-10,15H,8H2,1-5H3. The second kappa shape index (κ2) is 5.92. The Morgan fingerprint density at radius 1 is 1.12 bits per heavy atom. The van der Waals surface area contributed by atoms with Gasteiger partial charge in [-0.05, 0) is 17.5 Å². The van der Waals surface area contributed by atoms with Crippen LogP contribution in [0.3, 0.4) is 0 Å². The van der Waals surface area contributed by atoms with Gasteiger partial charge in [0.15, 0.2) is 0 Å². The first kappa shape index (κ1) is 13.8. The van der Waals surface area contributed by atoms with Crippen LogP contribution in [0.1, 0.15) is 43.7 Å². The molecule has 1 aromatic rings. The lowest BCUT2D eigenvalue weighted by Crippen LogP contribution is -2.06. The Balaban J connectivity index is 3.40. The summed E-state index contributed by atoms with van der Waals surface area (Å²) in [5.74, 6) is 2.05. The molecule has 0 saturated heterocycles. The number of aliphatic hydroxyl groups excluding tert-OH is 1. The van der Waals surface area contributed by atoms with Crippen LogP contribution in [-0.2, 0) is 0 Å². The average molecular weight is 238 g/mol. The van der Waals surface area contributed by atoms with E-state index in [-0.39, 0.29) is 12.5 Å². The van der Waals surface area contributed by atoms with Gasteiger partial charge in [0, 0.05) is 18.1 Å². The summed E-state index contributed by atoms with van der Waals surface area (Å²) in [6.45, 7) is 6.30. The minimum atomic E-state index is 0.0633. The fourth-order valence-electron chi connectivity index (χ4n) is 2.04. The molecular weight excluding hydrogens is 216 g/mol. The van der Waals surface area contributed by atoms with Crippen LogP contribution in [0, 0.1) is 0 Å². The molecule has 3 heteroatoms. The molecule has 0 radical (unpaired) electrons. The fourth-order valence-corrected chi connectivity index (χ4v) is 2.04. The number of methoxy groups -OCH3 is 2. The van der Waals surface area contributed by atoms with Crippen LogP contribution in [0.15, 0.2) is 12.1 Å². The summed E-state index contributed by atoms with van der Waals surface area (Å²) in [7, 11) is 3.32. The van der Waals surface area contributed by atoms with Gasteiger partial charge in [0.1, 0.15) is 11.5 Å². The molecule has 1 rings (SSSR count). The predicted octanol–water partition coefficient (Wildman–Crippen LogP) is 2.92. The van der Waals surface area contributed by atoms with Crippen LogP contribution in [-0.4, -0.2) is 25.9 Å². The van der Waals surface area contributed by atoms with E-state index in [1.807, 2.05) is 19.1 Å². The Labute approximate surface area is 103 Å². The number of aliphatic hydroxyl groups is 1. The van der Waals surface area contributed by atoms with E-state index in [0.29, 0.717) is 5.92 Å². The van der Waals surface area contributed by atoms with Gasteiger partial charge in [-0.25, -0.2) is 0 Å². The molecule has 1 N–H and O–H groups in total. The highest BCUT2D eigenvalue weighted by Crippen LogP contribution is 2.40. The van der Waals surface area contributed by atoms with Crippen LogP contribution < -0.4 is 9.47 Å². The summed E-state index contributed by atoms with van der Waals surface area (Å²) in [5, 5.41) is 9.28. The molecule has 0 fully saturated rings. The quantitative estimate of drug-likeness (QED) is 0.857. The van der Waals surface area contributed by atoms with E-state index in [0.717, 1.165) is 22.6 Å². The largest absolute Gasteiger partial charge is 0.496 e. The van der Waals surface area contributed by atoms with Crippen molar-refractivity contribution >= 4 is 0 Å². The normalized spacial score (nSPS) is 12.6. The maximum Gasteiger partial charge on any atom is 0.129 e. The van der Waals surface area contributed by atoms with E-state index in [1.54, 1.807) is 14.2 Å². The highest BCUT2D eigenvalue weighted by atomic mass is 16.5. The summed E-state index contributed by atoms with van der Waals surface area (Å²) >= 11 is 0. The van der Waals surface area contributed by atoms with Crippen molar-refractivity contribution < 1.29 is 14.6 Å². The smallest absolute Gasteiger partial charge is 0.129 e. The highest BCUT2D eigenvalue weighted by molar-refractivity contribution is 5.53. The van der Waals surface area contributed by atoms with Crippen LogP contribution >= 0.6 is 0 Å². The molecule has 0 aliphatic rings. The molecule has 1 aromatic carbocycles. The van der Waals surface area contributed by atoms with Gasteiger partial charge < -0.3 is 14.6 Å². The van der Waals surface area contributed by atoms with Crippen molar-refractivity contribution in [1.29, 1.82) is 0 Å². The van der Waals surface area contributed by atoms with Gasteiger partial charge in [0.05, 0.1) is 14.2 Å². The Hall–Kier alpha value is -1.22. The van der Waals surface area contributed by atoms with E-state index < -0.39 is 0 Å². The highest BCUT2D eigenvalue weighted by Gasteiger charge is 2.20. The molecule has 1 atom stereocenters. The van der Waals surface area contributed by atoms with Gasteiger partial charge in [0.2, 0.25) is 0 Å². The molecule has 96 valence electrons. The van der Waals surface area contributed by atoms with Gasteiger partial charge in [-0.2, -0.15) is 0 Å². The van der Waals surface area contributed by atoms with E-state index in [2.05, 4.69) is 13.8 Å². The maximum atomic E-state index is 9.28. The van der Waals surface area contributed by atoms with Crippen molar-refractivity contribution in [1.82, 2.24) is 0 Å². The Morgan fingerprint density at radius 2 is 1.76 bits per heavy atom. The molecule has 1 unspecified atom stereocenters. The number of benzene rings is 1. The molecule has 0 spiro atoms. The van der Waals surface area contributed by atoms with Crippen LogP contribution in [0.4, 0.5) is 0 Å². The summed E-state index contributed by atoms with van der Waals surface area (Å²) in [5.41, 5.74) is 2.09. The number of rotatable bonds is 5. The van der Waals surface area contributed by atoms with Gasteiger partial charge in [0.25, 0.3) is 0 Å². The van der Waals surface area contributed by atoms with Crippen molar-refractivity contribution in [2.75, 3.05) is 20.8 Å². The molecular formula is C14H22O3. The molecule has 17 heavy (non-hydrogen) atoms. The van der Waals surface area contributed by atoms with Gasteiger partial charge in [-0.3, -0.25) is 0 Å². The first-order valence-corrected chi connectivity index (χ1v) is 5.92. The third-order valence-electron chi connectivity index (χ3n) is 2.99. The molecule has 0 aliphatic carbocycles. The van der Waals surface area contributed by atoms with Crippen molar-refractivity contribution in [3.63, 3.8) is 0 Å². The lowest BCUT2D eigenvalue weighted by atomic mass is 9.92. The molecule has 0 saturated carbocycles. The molecule has 0 aromatic heterocycles. The second-order valence-corrected chi connectivity index (χ2v) is 4.54. The zero-order valence-corrected chi connectivity index (χ0v) is 11.3. The topological polar surface area (TPSA) is 38.7 Å². The number of ether oxygens (including phenoxy) is 2. The van der Waals surface area contributed by atoms with Crippen molar-refractivity contribution in [3.8, 4) is 11.5 Å². The van der Waals surface area contributed by atoms with E-state index in [4.69, 9.17) is 9.47 Å². The molecule has 0 heterocycles. The first-order chi connectivity index (χ1) is 8.06. The number of hydrogen-bond acceptors (Lipinski definition) is 3. The van der Waals surface area contributed by atoms with Gasteiger partial charge >= 0.3 is 0 Å². The fraction of sp³-hybridized carbons (Fsp3) is 0.571. The Bertz CT molecular complexity index is 372. The van der Waals surface area contributed by atoms with E-state index >= 15 is 0 Å². The van der Waals surface area contributed by atoms with Crippen molar-refractivity contribution in [2.24, 2.45) is 0 Å². The SMILES string of the molecule is COc1ccc(C(C)CO)c(OC)c1C(C)C. The average Bonchev–Trinajstić information content (AvgIpc) is 2.35. The zero-order chi connectivity index (χ0) is 13.0. The minimum Gasteiger partial charge on any atom is -0.496 e. The third-order valence-corrected chi connectivity index (χ3v) is 2.99. The molecule has 0 aliphatic heterocycles. The first-order valence-electron chi connectivity index (χ1n) is 5.92. The Kier molecular flexibility index (Phi) is 4.82. The Morgan fingerprint density at radius 3 is 2.18 bits per heavy atom. The molecule has 0 bridgehead atoms. The zero-order valence-electron chi connectivity index (χ0n) is 11.3. The maximum absolute atomic E-state index is 9.28. The van der Waals surface area contributed by atoms with Gasteiger partial charge in [-0.1, -0.05) is 26.8 Å². The van der Waals surface area contributed by atoms with E-state index in [1.165, 1.54) is 0 Å². The van der Waals surface area contributed by atoms with Crippen LogP contribution in [0.5, 0.6) is 11.5 Å². The van der Waals surface area contributed by atoms with Crippen molar-refractivity contribution in [3.05, 3.63) is 23.3 Å². The predicted molar refractivity (Wildman–Crippen MR) is 69.1 cm³/mol. The summed E-state index contributed by atoms with van der Waals surface area (Å²) < 4.78 is 10.9. The van der Waals surface area contributed by atoms with Crippen molar-refractivity contribution in [2.45, 2.75) is 32.6 Å². The van der Waals surface area contributed by atoms with Crippen LogP contribution in [0.25, 0.3) is 0 Å². The lowest BCUT2D eigenvalue weighted by Gasteiger charge is -2.21. The third kappa shape index (κ3) is 2.72. The monoisotopic (exact) mass is 238 g/mol. The second-order valence-electron chi connectivity index (χ2n) is 4.54. The summed E-state index contributed by atoms with van der Waals surface area (Å²) in [6.07, 6.45) is 0. The molecule has 3 nitrogen and oxygen atoms in total. The lowest BCUT2D eigenvalue weighted by molar-refractivity contribution is 0.269. The number of hydrogen-bond donors (Lipinski definition) is 1. The summed E-state index contributed by atoms with van der Waals surface area (Å²) in [4.78, 5) is 0. The van der Waals surface area contributed by atoms with E-state index in [9.17, 15) is 5.11 Å². The molecule has 0 amide bonds. The van der Waals surface area contributed by atoms with Gasteiger partial charge in [-0.15, -0.1) is 0 Å². The van der Waals surface area contributed by atoms with Crippen LogP contribution in [0.2, 0.25) is 0 Å². The summed E-state index contributed by atoms with van der Waals surface area (Å²) in [6, 6.07) is 3.91. The minimum absolute atomic E-state index is 0.0633.